The van der Waals surface area contributed by atoms with E-state index in [0.717, 1.165) is 16.7 Å². The van der Waals surface area contributed by atoms with Crippen molar-refractivity contribution >= 4 is 17.5 Å². The zero-order chi connectivity index (χ0) is 30.2. The Balaban J connectivity index is 1.46. The number of rotatable bonds is 6. The topological polar surface area (TPSA) is 52.7 Å². The molecular formula is C34H38F3N3O2. The molecule has 3 aromatic carbocycles. The van der Waals surface area contributed by atoms with Gasteiger partial charge in [-0.1, -0.05) is 69.3 Å². The molecule has 2 amide bonds. The van der Waals surface area contributed by atoms with E-state index in [1.165, 1.54) is 6.07 Å². The second kappa shape index (κ2) is 11.6. The third-order valence-electron chi connectivity index (χ3n) is 8.30. The number of anilines is 1. The Morgan fingerprint density at radius 2 is 1.69 bits per heavy atom. The van der Waals surface area contributed by atoms with Crippen LogP contribution in [0.25, 0.3) is 0 Å². The minimum absolute atomic E-state index is 0.0109. The van der Waals surface area contributed by atoms with Gasteiger partial charge in [0.2, 0.25) is 5.91 Å². The zero-order valence-corrected chi connectivity index (χ0v) is 24.6. The molecule has 42 heavy (non-hydrogen) atoms. The van der Waals surface area contributed by atoms with E-state index in [-0.39, 0.29) is 30.0 Å². The molecule has 0 unspecified atom stereocenters. The molecule has 5 nitrogen and oxygen atoms in total. The molecule has 2 aliphatic heterocycles. The fraction of sp³-hybridized carbons (Fsp3) is 0.412. The van der Waals surface area contributed by atoms with Crippen LogP contribution in [0.15, 0.2) is 66.7 Å². The van der Waals surface area contributed by atoms with Crippen LogP contribution in [0.4, 0.5) is 18.9 Å². The summed E-state index contributed by atoms with van der Waals surface area (Å²) in [6.45, 7) is 8.27. The predicted molar refractivity (Wildman–Crippen MR) is 158 cm³/mol. The first kappa shape index (κ1) is 29.8. The number of amides is 2. The minimum atomic E-state index is -2.64. The second-order valence-electron chi connectivity index (χ2n) is 12.7. The quantitative estimate of drug-likeness (QED) is 0.340. The minimum Gasteiger partial charge on any atom is -0.331 e. The number of nitrogens with zero attached hydrogens (tertiary/aromatic N) is 2. The standard InChI is InChI=1S/C34H38F3N3O2/c1-22-8-5-12-28(35)29(22)32(42)40-17-7-11-27(31(41)38-26-10-6-9-25(18-26)33(2,3)4)30(40)24-15-13-23(14-16-24)19-39-20-34(36,37)21-39/h5-6,8-10,12-16,18,27,30H,7,11,17,19-21H2,1-4H3,(H,38,41)/t27-,30-/m0/s1. The van der Waals surface area contributed by atoms with Crippen LogP contribution in [-0.4, -0.2) is 47.2 Å². The van der Waals surface area contributed by atoms with E-state index in [9.17, 15) is 22.8 Å². The molecule has 2 fully saturated rings. The molecule has 0 saturated carbocycles. The Labute approximate surface area is 245 Å². The number of halogens is 3. The largest absolute Gasteiger partial charge is 0.331 e. The summed E-state index contributed by atoms with van der Waals surface area (Å²) in [4.78, 5) is 31.1. The summed E-state index contributed by atoms with van der Waals surface area (Å²) in [5.41, 5.74) is 3.83. The average Bonchev–Trinajstić information content (AvgIpc) is 2.91. The van der Waals surface area contributed by atoms with Gasteiger partial charge in [0.25, 0.3) is 11.8 Å². The van der Waals surface area contributed by atoms with E-state index in [0.29, 0.717) is 37.2 Å². The SMILES string of the molecule is Cc1cccc(F)c1C(=O)N1CCC[C@H](C(=O)Nc2cccc(C(C)(C)C)c2)[C@@H]1c1ccc(CN2CC(F)(F)C2)cc1. The Morgan fingerprint density at radius 1 is 1.00 bits per heavy atom. The highest BCUT2D eigenvalue weighted by atomic mass is 19.3. The van der Waals surface area contributed by atoms with Crippen molar-refractivity contribution < 1.29 is 22.8 Å². The summed E-state index contributed by atoms with van der Waals surface area (Å²) < 4.78 is 41.6. The number of nitrogens with one attached hydrogen (secondary N) is 1. The van der Waals surface area contributed by atoms with Gasteiger partial charge in [-0.15, -0.1) is 0 Å². The van der Waals surface area contributed by atoms with Gasteiger partial charge < -0.3 is 10.2 Å². The zero-order valence-electron chi connectivity index (χ0n) is 24.6. The maximum Gasteiger partial charge on any atom is 0.272 e. The maximum absolute atomic E-state index is 14.9. The van der Waals surface area contributed by atoms with Gasteiger partial charge in [-0.25, -0.2) is 13.2 Å². The molecule has 2 saturated heterocycles. The van der Waals surface area contributed by atoms with Gasteiger partial charge in [-0.05, 0) is 65.6 Å². The van der Waals surface area contributed by atoms with Gasteiger partial charge in [-0.2, -0.15) is 0 Å². The molecule has 0 spiro atoms. The highest BCUT2D eigenvalue weighted by Crippen LogP contribution is 2.39. The van der Waals surface area contributed by atoms with Crippen LogP contribution in [0.5, 0.6) is 0 Å². The Hall–Kier alpha value is -3.65. The Kier molecular flexibility index (Phi) is 8.21. The fourth-order valence-corrected chi connectivity index (χ4v) is 6.05. The first-order valence-electron chi connectivity index (χ1n) is 14.5. The molecule has 0 aliphatic carbocycles. The predicted octanol–water partition coefficient (Wildman–Crippen LogP) is 7.11. The van der Waals surface area contributed by atoms with Crippen molar-refractivity contribution in [3.8, 4) is 0 Å². The molecule has 0 radical (unpaired) electrons. The molecule has 3 aromatic rings. The van der Waals surface area contributed by atoms with Crippen molar-refractivity contribution in [3.63, 3.8) is 0 Å². The molecule has 0 aromatic heterocycles. The van der Waals surface area contributed by atoms with E-state index >= 15 is 0 Å². The highest BCUT2D eigenvalue weighted by molar-refractivity contribution is 5.98. The number of carbonyl (C=O) groups is 2. The van der Waals surface area contributed by atoms with Crippen LogP contribution >= 0.6 is 0 Å². The highest BCUT2D eigenvalue weighted by Gasteiger charge is 2.44. The first-order chi connectivity index (χ1) is 19.8. The number of benzene rings is 3. The van der Waals surface area contributed by atoms with Crippen LogP contribution in [0, 0.1) is 18.7 Å². The van der Waals surface area contributed by atoms with Crippen LogP contribution in [0.3, 0.4) is 0 Å². The molecule has 0 bridgehead atoms. The third kappa shape index (κ3) is 6.38. The molecule has 2 heterocycles. The molecule has 5 rings (SSSR count). The number of hydrogen-bond donors (Lipinski definition) is 1. The lowest BCUT2D eigenvalue weighted by Gasteiger charge is -2.41. The van der Waals surface area contributed by atoms with Gasteiger partial charge in [0.1, 0.15) is 5.82 Å². The molecular weight excluding hydrogens is 539 g/mol. The van der Waals surface area contributed by atoms with Crippen LogP contribution < -0.4 is 5.32 Å². The van der Waals surface area contributed by atoms with Gasteiger partial charge in [0.15, 0.2) is 0 Å². The van der Waals surface area contributed by atoms with Crippen LogP contribution in [0.2, 0.25) is 0 Å². The number of piperidine rings is 1. The fourth-order valence-electron chi connectivity index (χ4n) is 6.05. The van der Waals surface area contributed by atoms with Gasteiger partial charge in [-0.3, -0.25) is 14.5 Å². The number of aryl methyl sites for hydroxylation is 1. The molecule has 2 aliphatic rings. The number of carbonyl (C=O) groups excluding carboxylic acids is 2. The van der Waals surface area contributed by atoms with Gasteiger partial charge >= 0.3 is 0 Å². The number of alkyl halides is 2. The van der Waals surface area contributed by atoms with Crippen molar-refractivity contribution in [2.45, 2.75) is 64.5 Å². The van der Waals surface area contributed by atoms with E-state index in [2.05, 4.69) is 26.1 Å². The Morgan fingerprint density at radius 3 is 2.33 bits per heavy atom. The Bertz CT molecular complexity index is 1440. The molecule has 1 N–H and O–H groups in total. The van der Waals surface area contributed by atoms with Crippen LogP contribution in [0.1, 0.15) is 72.3 Å². The first-order valence-corrected chi connectivity index (χ1v) is 14.5. The summed E-state index contributed by atoms with van der Waals surface area (Å²) in [7, 11) is 0. The lowest BCUT2D eigenvalue weighted by molar-refractivity contribution is -0.133. The van der Waals surface area contributed by atoms with Crippen molar-refractivity contribution in [2.75, 3.05) is 25.0 Å². The monoisotopic (exact) mass is 577 g/mol. The van der Waals surface area contributed by atoms with E-state index in [1.54, 1.807) is 28.9 Å². The summed E-state index contributed by atoms with van der Waals surface area (Å²) in [5.74, 6) is -4.46. The summed E-state index contributed by atoms with van der Waals surface area (Å²) in [5, 5.41) is 3.08. The maximum atomic E-state index is 14.9. The van der Waals surface area contributed by atoms with Gasteiger partial charge in [0, 0.05) is 18.8 Å². The lowest BCUT2D eigenvalue weighted by Crippen LogP contribution is -2.55. The van der Waals surface area contributed by atoms with Crippen molar-refractivity contribution in [3.05, 3.63) is 100 Å². The average molecular weight is 578 g/mol. The van der Waals surface area contributed by atoms with Gasteiger partial charge in [0.05, 0.1) is 30.6 Å². The summed E-state index contributed by atoms with van der Waals surface area (Å²) in [6.07, 6.45) is 1.15. The lowest BCUT2D eigenvalue weighted by atomic mass is 9.82. The van der Waals surface area contributed by atoms with E-state index in [4.69, 9.17) is 0 Å². The summed E-state index contributed by atoms with van der Waals surface area (Å²) in [6, 6.07) is 19.1. The molecule has 222 valence electrons. The number of likely N-dealkylation sites (tertiary alicyclic amines) is 2. The normalized spacial score (nSPS) is 20.6. The van der Waals surface area contributed by atoms with E-state index in [1.807, 2.05) is 48.5 Å². The second-order valence-corrected chi connectivity index (χ2v) is 12.7. The van der Waals surface area contributed by atoms with E-state index < -0.39 is 29.6 Å². The smallest absolute Gasteiger partial charge is 0.272 e. The third-order valence-corrected chi connectivity index (χ3v) is 8.30. The van der Waals surface area contributed by atoms with Crippen molar-refractivity contribution in [1.29, 1.82) is 0 Å². The summed E-state index contributed by atoms with van der Waals surface area (Å²) >= 11 is 0. The number of hydrogen-bond acceptors (Lipinski definition) is 3. The molecule has 2 atom stereocenters. The van der Waals surface area contributed by atoms with Crippen LogP contribution in [-0.2, 0) is 16.8 Å². The van der Waals surface area contributed by atoms with Crippen molar-refractivity contribution in [1.82, 2.24) is 9.80 Å². The van der Waals surface area contributed by atoms with Crippen molar-refractivity contribution in [2.24, 2.45) is 5.92 Å². The molecule has 8 heteroatoms.